The maximum Gasteiger partial charge on any atom is 0.344 e. The lowest BCUT2D eigenvalue weighted by Gasteiger charge is -2.58. The molecule has 4 aliphatic carbocycles. The van der Waals surface area contributed by atoms with Gasteiger partial charge in [-0.15, -0.1) is 0 Å². The summed E-state index contributed by atoms with van der Waals surface area (Å²) >= 11 is 0. The molecular formula is C47H62O7. The maximum absolute atomic E-state index is 13.3. The summed E-state index contributed by atoms with van der Waals surface area (Å²) < 4.78 is 29.3. The Morgan fingerprint density at radius 1 is 0.907 bits per heavy atom. The second-order valence-corrected chi connectivity index (χ2v) is 17.9. The standard InChI is InChI=1S/C47H62O7/c1-8-50-33-13-15-34(16-14-33)54-45-31(5)52-42-27-35(17-19-38(42)44(45)49)51-28-43(48)53-36-22-24-46(6)32(26-36)12-18-37-40-21-20-39(30(4)11-9-10-29(2)3)47(40,7)25-23-41(37)46/h12-17,19,27,29-30,36-37,39-41H,8-11,18,20-26,28H2,1-7H3/t30-,36+,37+,39-,40+,41+,46+,47-/m1/s1. The van der Waals surface area contributed by atoms with Crippen molar-refractivity contribution in [2.24, 2.45) is 46.3 Å². The smallest absolute Gasteiger partial charge is 0.344 e. The molecule has 0 aliphatic heterocycles. The van der Waals surface area contributed by atoms with Gasteiger partial charge in [0.2, 0.25) is 11.2 Å². The molecule has 0 radical (unpaired) electrons. The number of fused-ring (bicyclic) bond motifs is 6. The van der Waals surface area contributed by atoms with E-state index in [2.05, 4.69) is 40.7 Å². The van der Waals surface area contributed by atoms with Crippen LogP contribution in [0.1, 0.15) is 118 Å². The van der Waals surface area contributed by atoms with Crippen LogP contribution >= 0.6 is 0 Å². The lowest BCUT2D eigenvalue weighted by molar-refractivity contribution is -0.153. The van der Waals surface area contributed by atoms with Crippen LogP contribution in [0, 0.1) is 53.3 Å². The summed E-state index contributed by atoms with van der Waals surface area (Å²) in [6, 6.07) is 12.1. The average Bonchev–Trinajstić information content (AvgIpc) is 3.50. The predicted octanol–water partition coefficient (Wildman–Crippen LogP) is 11.6. The highest BCUT2D eigenvalue weighted by atomic mass is 16.6. The van der Waals surface area contributed by atoms with E-state index in [1.807, 2.05) is 6.92 Å². The van der Waals surface area contributed by atoms with Gasteiger partial charge in [-0.05, 0) is 142 Å². The molecule has 2 aromatic carbocycles. The summed E-state index contributed by atoms with van der Waals surface area (Å²) in [5.74, 6) is 6.62. The van der Waals surface area contributed by atoms with Gasteiger partial charge in [0, 0.05) is 12.5 Å². The summed E-state index contributed by atoms with van der Waals surface area (Å²) in [5.41, 5.74) is 2.29. The van der Waals surface area contributed by atoms with E-state index in [0.717, 1.165) is 60.5 Å². The topological polar surface area (TPSA) is 84.2 Å². The fourth-order valence-electron chi connectivity index (χ4n) is 11.5. The van der Waals surface area contributed by atoms with Gasteiger partial charge >= 0.3 is 5.97 Å². The molecule has 7 rings (SSSR count). The molecule has 3 saturated carbocycles. The number of aryl methyl sites for hydroxylation is 1. The Morgan fingerprint density at radius 3 is 2.43 bits per heavy atom. The summed E-state index contributed by atoms with van der Waals surface area (Å²) in [7, 11) is 0. The monoisotopic (exact) mass is 738 g/mol. The first kappa shape index (κ1) is 38.5. The molecule has 0 saturated heterocycles. The molecule has 0 amide bonds. The van der Waals surface area contributed by atoms with Crippen LogP contribution in [-0.4, -0.2) is 25.3 Å². The quantitative estimate of drug-likeness (QED) is 0.127. The number of esters is 1. The molecule has 0 unspecified atom stereocenters. The molecule has 7 nitrogen and oxygen atoms in total. The Bertz CT molecular complexity index is 1890. The average molecular weight is 739 g/mol. The van der Waals surface area contributed by atoms with E-state index >= 15 is 0 Å². The zero-order valence-electron chi connectivity index (χ0n) is 33.7. The Balaban J connectivity index is 0.936. The maximum atomic E-state index is 13.3. The van der Waals surface area contributed by atoms with Crippen molar-refractivity contribution in [1.29, 1.82) is 0 Å². The van der Waals surface area contributed by atoms with E-state index in [4.69, 9.17) is 23.4 Å². The van der Waals surface area contributed by atoms with Crippen molar-refractivity contribution in [3.8, 4) is 23.0 Å². The van der Waals surface area contributed by atoms with Gasteiger partial charge < -0.3 is 23.4 Å². The first-order valence-electron chi connectivity index (χ1n) is 20.9. The molecular weight excluding hydrogens is 677 g/mol. The fraction of sp³-hybridized carbons (Fsp3) is 0.617. The molecule has 292 valence electrons. The number of hydrogen-bond acceptors (Lipinski definition) is 7. The number of allylic oxidation sites excluding steroid dienone is 1. The van der Waals surface area contributed by atoms with Crippen LogP contribution in [-0.2, 0) is 9.53 Å². The fourth-order valence-corrected chi connectivity index (χ4v) is 11.5. The SMILES string of the molecule is CCOc1ccc(Oc2c(C)oc3cc(OCC(=O)O[C@H]4CC[C@@]5(C)C(=CC[C@H]6[C@@H]7CC[C@H]([C@H](C)CCCC(C)C)[C@@]7(C)CC[C@@H]65)C4)ccc3c2=O)cc1. The van der Waals surface area contributed by atoms with Crippen LogP contribution in [0.4, 0.5) is 0 Å². The zero-order chi connectivity index (χ0) is 38.2. The minimum Gasteiger partial charge on any atom is -0.494 e. The second kappa shape index (κ2) is 15.8. The molecule has 8 atom stereocenters. The summed E-state index contributed by atoms with van der Waals surface area (Å²) in [5, 5.41) is 0.367. The van der Waals surface area contributed by atoms with Gasteiger partial charge in [0.1, 0.15) is 34.7 Å². The largest absolute Gasteiger partial charge is 0.494 e. The number of carbonyl (C=O) groups excluding carboxylic acids is 1. The van der Waals surface area contributed by atoms with Gasteiger partial charge in [0.25, 0.3) is 0 Å². The van der Waals surface area contributed by atoms with E-state index in [0.29, 0.717) is 40.3 Å². The van der Waals surface area contributed by atoms with Crippen molar-refractivity contribution in [3.05, 3.63) is 70.1 Å². The van der Waals surface area contributed by atoms with Crippen LogP contribution in [0.3, 0.4) is 0 Å². The molecule has 4 aliphatic rings. The summed E-state index contributed by atoms with van der Waals surface area (Å²) in [6.45, 7) is 16.4. The number of carbonyl (C=O) groups is 1. The van der Waals surface area contributed by atoms with Gasteiger partial charge in [0.05, 0.1) is 12.0 Å². The van der Waals surface area contributed by atoms with Gasteiger partial charge in [0.15, 0.2) is 6.61 Å². The van der Waals surface area contributed by atoms with Crippen LogP contribution in [0.5, 0.6) is 23.0 Å². The van der Waals surface area contributed by atoms with Gasteiger partial charge in [-0.2, -0.15) is 0 Å². The first-order valence-corrected chi connectivity index (χ1v) is 20.9. The number of rotatable bonds is 13. The molecule has 0 spiro atoms. The number of hydrogen-bond donors (Lipinski definition) is 0. The van der Waals surface area contributed by atoms with Crippen LogP contribution in [0.25, 0.3) is 11.0 Å². The summed E-state index contributed by atoms with van der Waals surface area (Å²) in [4.78, 5) is 26.4. The first-order chi connectivity index (χ1) is 25.9. The van der Waals surface area contributed by atoms with Crippen molar-refractivity contribution in [1.82, 2.24) is 0 Å². The highest BCUT2D eigenvalue weighted by Gasteiger charge is 2.59. The molecule has 1 heterocycles. The lowest BCUT2D eigenvalue weighted by atomic mass is 9.47. The second-order valence-electron chi connectivity index (χ2n) is 17.9. The van der Waals surface area contributed by atoms with Crippen LogP contribution < -0.4 is 19.6 Å². The molecule has 3 aromatic rings. The third-order valence-electron chi connectivity index (χ3n) is 14.3. The Hall–Kier alpha value is -3.74. The lowest BCUT2D eigenvalue weighted by Crippen LogP contribution is -2.51. The van der Waals surface area contributed by atoms with E-state index in [-0.39, 0.29) is 35.3 Å². The minimum atomic E-state index is -0.373. The normalized spacial score (nSPS) is 29.5. The highest BCUT2D eigenvalue weighted by molar-refractivity contribution is 5.80. The molecule has 1 aromatic heterocycles. The van der Waals surface area contributed by atoms with Gasteiger partial charge in [-0.1, -0.05) is 65.5 Å². The van der Waals surface area contributed by atoms with Crippen molar-refractivity contribution < 1.29 is 28.2 Å². The molecule has 0 N–H and O–H groups in total. The Morgan fingerprint density at radius 2 is 1.67 bits per heavy atom. The van der Waals surface area contributed by atoms with E-state index in [9.17, 15) is 9.59 Å². The molecule has 7 heteroatoms. The van der Waals surface area contributed by atoms with Crippen molar-refractivity contribution in [2.45, 2.75) is 125 Å². The summed E-state index contributed by atoms with van der Waals surface area (Å²) in [6.07, 6.45) is 16.0. The highest BCUT2D eigenvalue weighted by Crippen LogP contribution is 2.67. The molecule has 3 fully saturated rings. The van der Waals surface area contributed by atoms with Crippen LogP contribution in [0.15, 0.2) is 63.3 Å². The Labute approximate surface area is 322 Å². The van der Waals surface area contributed by atoms with Gasteiger partial charge in [-0.25, -0.2) is 4.79 Å². The minimum absolute atomic E-state index is 0.126. The predicted molar refractivity (Wildman–Crippen MR) is 213 cm³/mol. The zero-order valence-corrected chi connectivity index (χ0v) is 33.7. The molecule has 0 bridgehead atoms. The van der Waals surface area contributed by atoms with Crippen molar-refractivity contribution in [2.75, 3.05) is 13.2 Å². The van der Waals surface area contributed by atoms with E-state index < -0.39 is 0 Å². The van der Waals surface area contributed by atoms with Crippen molar-refractivity contribution >= 4 is 16.9 Å². The number of ether oxygens (including phenoxy) is 4. The Kier molecular flexibility index (Phi) is 11.3. The van der Waals surface area contributed by atoms with Gasteiger partial charge in [-0.3, -0.25) is 4.79 Å². The van der Waals surface area contributed by atoms with E-state index in [1.54, 1.807) is 49.4 Å². The third kappa shape index (κ3) is 7.58. The van der Waals surface area contributed by atoms with Crippen molar-refractivity contribution in [3.63, 3.8) is 0 Å². The number of benzene rings is 2. The third-order valence-corrected chi connectivity index (χ3v) is 14.3. The molecule has 54 heavy (non-hydrogen) atoms. The van der Waals surface area contributed by atoms with Crippen LogP contribution in [0.2, 0.25) is 0 Å². The van der Waals surface area contributed by atoms with E-state index in [1.165, 1.54) is 56.9 Å².